The lowest BCUT2D eigenvalue weighted by atomic mass is 10.1. The standard InChI is InChI=1S/C23H34O3/c1-3-4-5-6-7-8-9-10-11-12-17-26-23-16-15-22(24)21-18-19(25-2)13-14-20(21)23/h13-16,18,24H,3-12,17H2,1-2H3. The number of ether oxygens (including phenoxy) is 2. The van der Waals surface area contributed by atoms with E-state index in [-0.39, 0.29) is 5.75 Å². The molecule has 2 rings (SSSR count). The van der Waals surface area contributed by atoms with E-state index >= 15 is 0 Å². The first kappa shape index (κ1) is 20.4. The second kappa shape index (κ2) is 11.7. The molecule has 2 aromatic carbocycles. The van der Waals surface area contributed by atoms with Gasteiger partial charge in [0, 0.05) is 10.8 Å². The fraction of sp³-hybridized carbons (Fsp3) is 0.565. The van der Waals surface area contributed by atoms with Gasteiger partial charge in [-0.3, -0.25) is 0 Å². The van der Waals surface area contributed by atoms with Gasteiger partial charge in [0.05, 0.1) is 13.7 Å². The zero-order chi connectivity index (χ0) is 18.6. The Morgan fingerprint density at radius 1 is 0.769 bits per heavy atom. The Morgan fingerprint density at radius 3 is 2.08 bits per heavy atom. The van der Waals surface area contributed by atoms with Crippen LogP contribution in [0.2, 0.25) is 0 Å². The minimum absolute atomic E-state index is 0.255. The molecular formula is C23H34O3. The molecule has 0 atom stereocenters. The first-order valence-corrected chi connectivity index (χ1v) is 10.2. The normalized spacial score (nSPS) is 11.0. The van der Waals surface area contributed by atoms with Crippen LogP contribution in [0.5, 0.6) is 17.2 Å². The van der Waals surface area contributed by atoms with Gasteiger partial charge in [-0.1, -0.05) is 64.7 Å². The van der Waals surface area contributed by atoms with E-state index in [1.54, 1.807) is 13.2 Å². The van der Waals surface area contributed by atoms with Crippen molar-refractivity contribution in [1.82, 2.24) is 0 Å². The molecule has 0 radical (unpaired) electrons. The first-order valence-electron chi connectivity index (χ1n) is 10.2. The molecule has 2 aromatic rings. The number of phenolic OH excluding ortho intramolecular Hbond substituents is 1. The Bertz CT molecular complexity index is 651. The number of aromatic hydroxyl groups is 1. The zero-order valence-corrected chi connectivity index (χ0v) is 16.4. The smallest absolute Gasteiger partial charge is 0.127 e. The highest BCUT2D eigenvalue weighted by Crippen LogP contribution is 2.34. The number of phenols is 1. The maximum Gasteiger partial charge on any atom is 0.127 e. The van der Waals surface area contributed by atoms with Crippen molar-refractivity contribution in [2.24, 2.45) is 0 Å². The fourth-order valence-electron chi connectivity index (χ4n) is 3.31. The average Bonchev–Trinajstić information content (AvgIpc) is 2.67. The van der Waals surface area contributed by atoms with Crippen molar-refractivity contribution in [3.63, 3.8) is 0 Å². The van der Waals surface area contributed by atoms with Crippen LogP contribution in [0, 0.1) is 0 Å². The molecule has 0 aromatic heterocycles. The molecule has 1 N–H and O–H groups in total. The van der Waals surface area contributed by atoms with Crippen LogP contribution in [0.4, 0.5) is 0 Å². The molecule has 0 aliphatic rings. The van der Waals surface area contributed by atoms with Crippen molar-refractivity contribution in [3.05, 3.63) is 30.3 Å². The van der Waals surface area contributed by atoms with Crippen LogP contribution >= 0.6 is 0 Å². The quantitative estimate of drug-likeness (QED) is 0.398. The molecule has 3 nitrogen and oxygen atoms in total. The predicted molar refractivity (Wildman–Crippen MR) is 110 cm³/mol. The Kier molecular flexibility index (Phi) is 9.16. The maximum absolute atomic E-state index is 10.1. The molecule has 0 spiro atoms. The van der Waals surface area contributed by atoms with Crippen LogP contribution in [-0.2, 0) is 0 Å². The van der Waals surface area contributed by atoms with Gasteiger partial charge in [0.1, 0.15) is 17.2 Å². The van der Waals surface area contributed by atoms with Crippen LogP contribution in [-0.4, -0.2) is 18.8 Å². The van der Waals surface area contributed by atoms with Gasteiger partial charge in [-0.25, -0.2) is 0 Å². The van der Waals surface area contributed by atoms with Crippen molar-refractivity contribution in [1.29, 1.82) is 0 Å². The fourth-order valence-corrected chi connectivity index (χ4v) is 3.31. The lowest BCUT2D eigenvalue weighted by Crippen LogP contribution is -1.98. The Hall–Kier alpha value is -1.90. The number of hydrogen-bond acceptors (Lipinski definition) is 3. The summed E-state index contributed by atoms with van der Waals surface area (Å²) in [4.78, 5) is 0. The van der Waals surface area contributed by atoms with E-state index in [1.807, 2.05) is 24.3 Å². The molecule has 0 aliphatic carbocycles. The molecule has 0 fully saturated rings. The summed E-state index contributed by atoms with van der Waals surface area (Å²) in [6.07, 6.45) is 13.2. The lowest BCUT2D eigenvalue weighted by molar-refractivity contribution is 0.307. The third-order valence-electron chi connectivity index (χ3n) is 4.92. The molecule has 0 saturated carbocycles. The second-order valence-electron chi connectivity index (χ2n) is 7.02. The molecule has 0 bridgehead atoms. The summed E-state index contributed by atoms with van der Waals surface area (Å²) in [6, 6.07) is 9.23. The van der Waals surface area contributed by atoms with Gasteiger partial charge in [-0.05, 0) is 36.8 Å². The van der Waals surface area contributed by atoms with Crippen LogP contribution in [0.1, 0.15) is 71.1 Å². The van der Waals surface area contributed by atoms with Crippen LogP contribution in [0.25, 0.3) is 10.8 Å². The molecule has 0 unspecified atom stereocenters. The molecular weight excluding hydrogens is 324 g/mol. The SMILES string of the molecule is CCCCCCCCCCCCOc1ccc(O)c2cc(OC)ccc12. The Labute approximate surface area is 158 Å². The summed E-state index contributed by atoms with van der Waals surface area (Å²) in [6.45, 7) is 2.99. The molecule has 26 heavy (non-hydrogen) atoms. The highest BCUT2D eigenvalue weighted by atomic mass is 16.5. The molecule has 0 amide bonds. The zero-order valence-electron chi connectivity index (χ0n) is 16.4. The van der Waals surface area contributed by atoms with Crippen molar-refractivity contribution >= 4 is 10.8 Å². The summed E-state index contributed by atoms with van der Waals surface area (Å²) in [5.41, 5.74) is 0. The predicted octanol–water partition coefficient (Wildman–Crippen LogP) is 6.85. The van der Waals surface area contributed by atoms with Crippen molar-refractivity contribution in [3.8, 4) is 17.2 Å². The minimum Gasteiger partial charge on any atom is -0.507 e. The highest BCUT2D eigenvalue weighted by Gasteiger charge is 2.07. The van der Waals surface area contributed by atoms with Crippen LogP contribution in [0.3, 0.4) is 0 Å². The monoisotopic (exact) mass is 358 g/mol. The van der Waals surface area contributed by atoms with Gasteiger partial charge >= 0.3 is 0 Å². The van der Waals surface area contributed by atoms with Crippen LogP contribution < -0.4 is 9.47 Å². The van der Waals surface area contributed by atoms with E-state index in [0.29, 0.717) is 0 Å². The third kappa shape index (κ3) is 6.44. The molecule has 0 saturated heterocycles. The highest BCUT2D eigenvalue weighted by molar-refractivity contribution is 5.94. The van der Waals surface area contributed by atoms with Gasteiger partial charge in [0.2, 0.25) is 0 Å². The van der Waals surface area contributed by atoms with E-state index in [1.165, 1.54) is 57.8 Å². The summed E-state index contributed by atoms with van der Waals surface area (Å²) in [5.74, 6) is 1.82. The maximum atomic E-state index is 10.1. The summed E-state index contributed by atoms with van der Waals surface area (Å²) in [5, 5.41) is 11.8. The summed E-state index contributed by atoms with van der Waals surface area (Å²) >= 11 is 0. The number of methoxy groups -OCH3 is 1. The second-order valence-corrected chi connectivity index (χ2v) is 7.02. The Balaban J connectivity index is 1.68. The van der Waals surface area contributed by atoms with Crippen molar-refractivity contribution < 1.29 is 14.6 Å². The first-order chi connectivity index (χ1) is 12.8. The van der Waals surface area contributed by atoms with Gasteiger partial charge in [0.15, 0.2) is 0 Å². The van der Waals surface area contributed by atoms with Gasteiger partial charge in [-0.15, -0.1) is 0 Å². The number of hydrogen-bond donors (Lipinski definition) is 1. The van der Waals surface area contributed by atoms with E-state index in [2.05, 4.69) is 6.92 Å². The van der Waals surface area contributed by atoms with E-state index in [4.69, 9.17) is 9.47 Å². The number of benzene rings is 2. The molecule has 3 heteroatoms. The molecule has 0 aliphatic heterocycles. The average molecular weight is 359 g/mol. The van der Waals surface area contributed by atoms with E-state index in [9.17, 15) is 5.11 Å². The minimum atomic E-state index is 0.255. The van der Waals surface area contributed by atoms with Crippen molar-refractivity contribution in [2.75, 3.05) is 13.7 Å². The number of unbranched alkanes of at least 4 members (excludes halogenated alkanes) is 9. The lowest BCUT2D eigenvalue weighted by Gasteiger charge is -2.11. The third-order valence-corrected chi connectivity index (χ3v) is 4.92. The molecule has 144 valence electrons. The van der Waals surface area contributed by atoms with Crippen LogP contribution in [0.15, 0.2) is 30.3 Å². The number of rotatable bonds is 13. The van der Waals surface area contributed by atoms with Crippen molar-refractivity contribution in [2.45, 2.75) is 71.1 Å². The largest absolute Gasteiger partial charge is 0.507 e. The number of fused-ring (bicyclic) bond motifs is 1. The van der Waals surface area contributed by atoms with E-state index in [0.717, 1.165) is 35.3 Å². The summed E-state index contributed by atoms with van der Waals surface area (Å²) in [7, 11) is 1.63. The van der Waals surface area contributed by atoms with Gasteiger partial charge < -0.3 is 14.6 Å². The Morgan fingerprint density at radius 2 is 1.42 bits per heavy atom. The topological polar surface area (TPSA) is 38.7 Å². The molecule has 0 heterocycles. The van der Waals surface area contributed by atoms with Gasteiger partial charge in [0.25, 0.3) is 0 Å². The summed E-state index contributed by atoms with van der Waals surface area (Å²) < 4.78 is 11.2. The van der Waals surface area contributed by atoms with Gasteiger partial charge in [-0.2, -0.15) is 0 Å². The van der Waals surface area contributed by atoms with E-state index < -0.39 is 0 Å².